The molecule has 114 valence electrons. The first-order chi connectivity index (χ1) is 9.70. The Morgan fingerprint density at radius 2 is 1.90 bits per heavy atom. The normalized spacial score (nSPS) is 22.9. The summed E-state index contributed by atoms with van der Waals surface area (Å²) in [6, 6.07) is -0.0170. The average molecular weight is 282 g/mol. The zero-order chi connectivity index (χ0) is 14.4. The highest BCUT2D eigenvalue weighted by Crippen LogP contribution is 2.15. The number of nitrogens with one attached hydrogen (secondary N) is 2. The smallest absolute Gasteiger partial charge is 0.317 e. The standard InChI is InChI=1S/C14H26N4O2/c1-2-16-14(20)18-9-7-17(8-10-18)13(19)4-3-12-5-6-15-11-12/h12,15H,2-11H2,1H3,(H,16,20). The average Bonchev–Trinajstić information content (AvgIpc) is 2.98. The van der Waals surface area contributed by atoms with E-state index in [0.29, 0.717) is 45.1 Å². The van der Waals surface area contributed by atoms with Crippen LogP contribution in [0.1, 0.15) is 26.2 Å². The SMILES string of the molecule is CCNC(=O)N1CCN(C(=O)CCC2CCNC2)CC1. The van der Waals surface area contributed by atoms with Crippen molar-refractivity contribution < 1.29 is 9.59 Å². The summed E-state index contributed by atoms with van der Waals surface area (Å²) < 4.78 is 0. The minimum Gasteiger partial charge on any atom is -0.339 e. The Labute approximate surface area is 120 Å². The van der Waals surface area contributed by atoms with E-state index in [1.165, 1.54) is 6.42 Å². The van der Waals surface area contributed by atoms with Gasteiger partial charge < -0.3 is 20.4 Å². The number of amides is 3. The summed E-state index contributed by atoms with van der Waals surface area (Å²) in [6.07, 6.45) is 2.83. The first kappa shape index (κ1) is 15.1. The fraction of sp³-hybridized carbons (Fsp3) is 0.857. The second kappa shape index (κ2) is 7.47. The minimum atomic E-state index is -0.0170. The maximum absolute atomic E-state index is 12.1. The van der Waals surface area contributed by atoms with E-state index >= 15 is 0 Å². The first-order valence-corrected chi connectivity index (χ1v) is 7.72. The molecule has 0 aromatic rings. The van der Waals surface area contributed by atoms with E-state index in [2.05, 4.69) is 10.6 Å². The summed E-state index contributed by atoms with van der Waals surface area (Å²) in [5, 5.41) is 6.13. The van der Waals surface area contributed by atoms with Crippen molar-refractivity contribution in [3.05, 3.63) is 0 Å². The Morgan fingerprint density at radius 3 is 2.50 bits per heavy atom. The van der Waals surface area contributed by atoms with Gasteiger partial charge in [0.25, 0.3) is 0 Å². The summed E-state index contributed by atoms with van der Waals surface area (Å²) >= 11 is 0. The van der Waals surface area contributed by atoms with Gasteiger partial charge in [0.15, 0.2) is 0 Å². The van der Waals surface area contributed by atoms with E-state index in [1.54, 1.807) is 4.90 Å². The van der Waals surface area contributed by atoms with E-state index < -0.39 is 0 Å². The molecule has 2 aliphatic rings. The Bertz CT molecular complexity index is 334. The topological polar surface area (TPSA) is 64.7 Å². The molecule has 0 aromatic carbocycles. The van der Waals surface area contributed by atoms with Gasteiger partial charge in [-0.3, -0.25) is 4.79 Å². The van der Waals surface area contributed by atoms with Crippen LogP contribution in [0.3, 0.4) is 0 Å². The van der Waals surface area contributed by atoms with Gasteiger partial charge in [0, 0.05) is 39.1 Å². The summed E-state index contributed by atoms with van der Waals surface area (Å²) in [5.74, 6) is 0.906. The molecule has 2 fully saturated rings. The molecule has 2 N–H and O–H groups in total. The zero-order valence-electron chi connectivity index (χ0n) is 12.4. The lowest BCUT2D eigenvalue weighted by molar-refractivity contribution is -0.132. The van der Waals surface area contributed by atoms with Crippen molar-refractivity contribution in [2.75, 3.05) is 45.8 Å². The number of carbonyl (C=O) groups excluding carboxylic acids is 2. The number of piperazine rings is 1. The van der Waals surface area contributed by atoms with Gasteiger partial charge >= 0.3 is 6.03 Å². The molecular weight excluding hydrogens is 256 g/mol. The van der Waals surface area contributed by atoms with Crippen LogP contribution in [0.5, 0.6) is 0 Å². The van der Waals surface area contributed by atoms with Crippen molar-refractivity contribution in [3.63, 3.8) is 0 Å². The lowest BCUT2D eigenvalue weighted by atomic mass is 10.0. The molecule has 20 heavy (non-hydrogen) atoms. The number of urea groups is 1. The lowest BCUT2D eigenvalue weighted by Crippen LogP contribution is -2.53. The lowest BCUT2D eigenvalue weighted by Gasteiger charge is -2.34. The van der Waals surface area contributed by atoms with Crippen molar-refractivity contribution in [2.24, 2.45) is 5.92 Å². The van der Waals surface area contributed by atoms with Crippen molar-refractivity contribution in [2.45, 2.75) is 26.2 Å². The van der Waals surface area contributed by atoms with E-state index in [4.69, 9.17) is 0 Å². The van der Waals surface area contributed by atoms with E-state index in [0.717, 1.165) is 19.5 Å². The maximum atomic E-state index is 12.1. The molecule has 0 radical (unpaired) electrons. The molecule has 6 heteroatoms. The number of hydrogen-bond donors (Lipinski definition) is 2. The summed E-state index contributed by atoms with van der Waals surface area (Å²) in [5.41, 5.74) is 0. The molecule has 0 saturated carbocycles. The highest BCUT2D eigenvalue weighted by molar-refractivity contribution is 5.77. The van der Waals surface area contributed by atoms with Crippen LogP contribution in [0, 0.1) is 5.92 Å². The van der Waals surface area contributed by atoms with E-state index in [1.807, 2.05) is 11.8 Å². The Morgan fingerprint density at radius 1 is 1.20 bits per heavy atom. The van der Waals surface area contributed by atoms with Gasteiger partial charge in [-0.05, 0) is 38.8 Å². The van der Waals surface area contributed by atoms with Gasteiger partial charge in [0.05, 0.1) is 0 Å². The zero-order valence-corrected chi connectivity index (χ0v) is 12.4. The summed E-state index contributed by atoms with van der Waals surface area (Å²) in [7, 11) is 0. The molecule has 1 atom stereocenters. The molecule has 2 rings (SSSR count). The van der Waals surface area contributed by atoms with Crippen LogP contribution in [0.4, 0.5) is 4.79 Å². The van der Waals surface area contributed by atoms with E-state index in [-0.39, 0.29) is 11.9 Å². The van der Waals surface area contributed by atoms with Crippen LogP contribution in [0.25, 0.3) is 0 Å². The van der Waals surface area contributed by atoms with Crippen molar-refractivity contribution in [1.82, 2.24) is 20.4 Å². The molecule has 0 aromatic heterocycles. The molecule has 2 saturated heterocycles. The Balaban J connectivity index is 1.67. The molecule has 0 spiro atoms. The number of rotatable bonds is 4. The predicted octanol–water partition coefficient (Wildman–Crippen LogP) is 0.250. The van der Waals surface area contributed by atoms with E-state index in [9.17, 15) is 9.59 Å². The van der Waals surface area contributed by atoms with Crippen molar-refractivity contribution >= 4 is 11.9 Å². The summed E-state index contributed by atoms with van der Waals surface area (Å²) in [6.45, 7) is 7.31. The molecule has 2 aliphatic heterocycles. The van der Waals surface area contributed by atoms with Gasteiger partial charge in [0.2, 0.25) is 5.91 Å². The highest BCUT2D eigenvalue weighted by atomic mass is 16.2. The maximum Gasteiger partial charge on any atom is 0.317 e. The fourth-order valence-corrected chi connectivity index (χ4v) is 2.87. The van der Waals surface area contributed by atoms with Gasteiger partial charge in [-0.25, -0.2) is 4.79 Å². The number of carbonyl (C=O) groups is 2. The van der Waals surface area contributed by atoms with Crippen LogP contribution < -0.4 is 10.6 Å². The quantitative estimate of drug-likeness (QED) is 0.777. The number of hydrogen-bond acceptors (Lipinski definition) is 3. The van der Waals surface area contributed by atoms with Crippen LogP contribution in [-0.4, -0.2) is 67.6 Å². The molecule has 6 nitrogen and oxygen atoms in total. The molecular formula is C14H26N4O2. The summed E-state index contributed by atoms with van der Waals surface area (Å²) in [4.78, 5) is 27.5. The van der Waals surface area contributed by atoms with Gasteiger partial charge in [-0.1, -0.05) is 0 Å². The fourth-order valence-electron chi connectivity index (χ4n) is 2.87. The second-order valence-electron chi connectivity index (χ2n) is 5.60. The monoisotopic (exact) mass is 282 g/mol. The van der Waals surface area contributed by atoms with Crippen LogP contribution in [-0.2, 0) is 4.79 Å². The predicted molar refractivity (Wildman–Crippen MR) is 77.4 cm³/mol. The molecule has 2 heterocycles. The van der Waals surface area contributed by atoms with Gasteiger partial charge in [-0.15, -0.1) is 0 Å². The highest BCUT2D eigenvalue weighted by Gasteiger charge is 2.24. The van der Waals surface area contributed by atoms with Gasteiger partial charge in [0.1, 0.15) is 0 Å². The number of nitrogens with zero attached hydrogens (tertiary/aromatic N) is 2. The van der Waals surface area contributed by atoms with Crippen LogP contribution >= 0.6 is 0 Å². The third kappa shape index (κ3) is 4.10. The Hall–Kier alpha value is -1.30. The van der Waals surface area contributed by atoms with Crippen molar-refractivity contribution in [1.29, 1.82) is 0 Å². The van der Waals surface area contributed by atoms with Crippen molar-refractivity contribution in [3.8, 4) is 0 Å². The minimum absolute atomic E-state index is 0.0170. The largest absolute Gasteiger partial charge is 0.339 e. The molecule has 1 unspecified atom stereocenters. The third-order valence-corrected chi connectivity index (χ3v) is 4.18. The second-order valence-corrected chi connectivity index (χ2v) is 5.60. The molecule has 3 amide bonds. The first-order valence-electron chi connectivity index (χ1n) is 7.72. The van der Waals surface area contributed by atoms with Gasteiger partial charge in [-0.2, -0.15) is 0 Å². The van der Waals surface area contributed by atoms with Crippen LogP contribution in [0.15, 0.2) is 0 Å². The molecule has 0 bridgehead atoms. The Kier molecular flexibility index (Phi) is 5.64. The molecule has 0 aliphatic carbocycles. The van der Waals surface area contributed by atoms with Crippen LogP contribution in [0.2, 0.25) is 0 Å². The third-order valence-electron chi connectivity index (χ3n) is 4.18.